The van der Waals surface area contributed by atoms with Crippen molar-refractivity contribution in [1.82, 2.24) is 15.5 Å². The van der Waals surface area contributed by atoms with Crippen LogP contribution in [0.4, 0.5) is 5.69 Å². The van der Waals surface area contributed by atoms with Gasteiger partial charge in [-0.3, -0.25) is 0 Å². The smallest absolute Gasteiger partial charge is 0.191 e. The number of benzene rings is 1. The van der Waals surface area contributed by atoms with Crippen molar-refractivity contribution in [3.8, 4) is 0 Å². The van der Waals surface area contributed by atoms with E-state index in [1.54, 1.807) is 0 Å². The first-order valence-electron chi connectivity index (χ1n) is 10.7. The lowest BCUT2D eigenvalue weighted by molar-refractivity contribution is 0.167. The molecule has 0 aromatic heterocycles. The predicted molar refractivity (Wildman–Crippen MR) is 116 cm³/mol. The number of anilines is 1. The number of fused-ring (bicyclic) bond motifs is 1. The highest BCUT2D eigenvalue weighted by Gasteiger charge is 2.21. The molecule has 0 radical (unpaired) electrons. The highest BCUT2D eigenvalue weighted by molar-refractivity contribution is 5.80. The fraction of sp³-hybridized carbons (Fsp3) is 0.682. The summed E-state index contributed by atoms with van der Waals surface area (Å²) < 4.78 is 0. The zero-order valence-corrected chi connectivity index (χ0v) is 17.6. The molecule has 2 aliphatic heterocycles. The second-order valence-corrected chi connectivity index (χ2v) is 8.23. The van der Waals surface area contributed by atoms with Crippen molar-refractivity contribution in [3.05, 3.63) is 29.3 Å². The number of aliphatic imine (C=N–C) groups is 1. The molecule has 0 amide bonds. The molecule has 5 nitrogen and oxygen atoms in total. The number of aryl methyl sites for hydroxylation is 1. The Hall–Kier alpha value is -1.75. The van der Waals surface area contributed by atoms with E-state index >= 15 is 0 Å². The molecule has 0 unspecified atom stereocenters. The summed E-state index contributed by atoms with van der Waals surface area (Å²) in [5.74, 6) is 0.954. The molecule has 0 aliphatic carbocycles. The van der Waals surface area contributed by atoms with Gasteiger partial charge < -0.3 is 20.4 Å². The van der Waals surface area contributed by atoms with Gasteiger partial charge in [-0.05, 0) is 63.6 Å². The molecular weight excluding hydrogens is 334 g/mol. The van der Waals surface area contributed by atoms with Crippen LogP contribution < -0.4 is 15.5 Å². The van der Waals surface area contributed by atoms with E-state index in [1.807, 2.05) is 0 Å². The van der Waals surface area contributed by atoms with Gasteiger partial charge in [0.15, 0.2) is 5.96 Å². The number of hydrogen-bond acceptors (Lipinski definition) is 3. The van der Waals surface area contributed by atoms with Crippen LogP contribution in [0.3, 0.4) is 0 Å². The molecule has 1 aromatic carbocycles. The number of nitrogens with zero attached hydrogens (tertiary/aromatic N) is 3. The van der Waals surface area contributed by atoms with Crippen molar-refractivity contribution in [1.29, 1.82) is 0 Å². The molecule has 2 N–H and O–H groups in total. The standard InChI is InChI=1S/C22H37N5/c1-5-23-22(25-20-10-13-27(14-11-20)17(2)3)24-16-18-8-9-21-19(15-18)7-6-12-26(21)4/h8-9,15,17,20H,5-7,10-14,16H2,1-4H3,(H2,23,24,25). The van der Waals surface area contributed by atoms with Crippen molar-refractivity contribution >= 4 is 11.6 Å². The van der Waals surface area contributed by atoms with Crippen LogP contribution >= 0.6 is 0 Å². The normalized spacial score (nSPS) is 19.3. The monoisotopic (exact) mass is 371 g/mol. The summed E-state index contributed by atoms with van der Waals surface area (Å²) in [6.07, 6.45) is 4.81. The molecule has 1 saturated heterocycles. The van der Waals surface area contributed by atoms with Crippen molar-refractivity contribution < 1.29 is 0 Å². The molecule has 5 heteroatoms. The average molecular weight is 372 g/mol. The molecular formula is C22H37N5. The van der Waals surface area contributed by atoms with Crippen LogP contribution in [-0.2, 0) is 13.0 Å². The van der Waals surface area contributed by atoms with Gasteiger partial charge in [-0.15, -0.1) is 0 Å². The number of likely N-dealkylation sites (tertiary alicyclic amines) is 1. The van der Waals surface area contributed by atoms with E-state index in [4.69, 9.17) is 4.99 Å². The molecule has 0 saturated carbocycles. The lowest BCUT2D eigenvalue weighted by Crippen LogP contribution is -2.49. The fourth-order valence-electron chi connectivity index (χ4n) is 4.18. The van der Waals surface area contributed by atoms with E-state index in [0.717, 1.165) is 25.6 Å². The van der Waals surface area contributed by atoms with Gasteiger partial charge in [0.05, 0.1) is 6.54 Å². The molecule has 2 aliphatic rings. The highest BCUT2D eigenvalue weighted by atomic mass is 15.2. The number of piperidine rings is 1. The summed E-state index contributed by atoms with van der Waals surface area (Å²) in [6.45, 7) is 11.8. The summed E-state index contributed by atoms with van der Waals surface area (Å²) in [5, 5.41) is 7.08. The summed E-state index contributed by atoms with van der Waals surface area (Å²) >= 11 is 0. The fourth-order valence-corrected chi connectivity index (χ4v) is 4.18. The SMILES string of the molecule is CCNC(=NCc1ccc2c(c1)CCCN2C)NC1CCN(C(C)C)CC1. The molecule has 1 aromatic rings. The minimum absolute atomic E-state index is 0.523. The van der Waals surface area contributed by atoms with Crippen molar-refractivity contribution in [3.63, 3.8) is 0 Å². The third kappa shape index (κ3) is 5.38. The van der Waals surface area contributed by atoms with Crippen LogP contribution in [0, 0.1) is 0 Å². The maximum Gasteiger partial charge on any atom is 0.191 e. The number of hydrogen-bond donors (Lipinski definition) is 2. The Morgan fingerprint density at radius 3 is 2.70 bits per heavy atom. The van der Waals surface area contributed by atoms with Crippen molar-refractivity contribution in [2.45, 2.75) is 65.1 Å². The zero-order valence-electron chi connectivity index (χ0n) is 17.6. The number of nitrogens with one attached hydrogen (secondary N) is 2. The maximum absolute atomic E-state index is 4.87. The molecule has 0 spiro atoms. The Balaban J connectivity index is 1.59. The first-order chi connectivity index (χ1) is 13.1. The van der Waals surface area contributed by atoms with Gasteiger partial charge in [0.2, 0.25) is 0 Å². The molecule has 1 fully saturated rings. The molecule has 0 atom stereocenters. The Morgan fingerprint density at radius 1 is 1.22 bits per heavy atom. The summed E-state index contributed by atoms with van der Waals surface area (Å²) in [4.78, 5) is 9.79. The largest absolute Gasteiger partial charge is 0.374 e. The number of rotatable bonds is 5. The Labute approximate surface area is 165 Å². The van der Waals surface area contributed by atoms with E-state index in [1.165, 1.54) is 55.6 Å². The minimum Gasteiger partial charge on any atom is -0.374 e. The van der Waals surface area contributed by atoms with Crippen LogP contribution in [0.2, 0.25) is 0 Å². The highest BCUT2D eigenvalue weighted by Crippen LogP contribution is 2.27. The van der Waals surface area contributed by atoms with Crippen LogP contribution in [-0.4, -0.2) is 56.2 Å². The van der Waals surface area contributed by atoms with Gasteiger partial charge in [0.25, 0.3) is 0 Å². The Morgan fingerprint density at radius 2 is 2.00 bits per heavy atom. The maximum atomic E-state index is 4.87. The van der Waals surface area contributed by atoms with Gasteiger partial charge in [-0.25, -0.2) is 4.99 Å². The van der Waals surface area contributed by atoms with E-state index in [0.29, 0.717) is 12.1 Å². The molecule has 3 rings (SSSR count). The van der Waals surface area contributed by atoms with E-state index in [2.05, 4.69) is 66.5 Å². The van der Waals surface area contributed by atoms with Gasteiger partial charge in [-0.1, -0.05) is 12.1 Å². The summed E-state index contributed by atoms with van der Waals surface area (Å²) in [5.41, 5.74) is 4.15. The first kappa shape index (κ1) is 20.0. The summed E-state index contributed by atoms with van der Waals surface area (Å²) in [6, 6.07) is 8.01. The average Bonchev–Trinajstić information content (AvgIpc) is 2.67. The topological polar surface area (TPSA) is 42.9 Å². The van der Waals surface area contributed by atoms with Crippen molar-refractivity contribution in [2.24, 2.45) is 4.99 Å². The van der Waals surface area contributed by atoms with E-state index in [-0.39, 0.29) is 0 Å². The Kier molecular flexibility index (Phi) is 7.00. The minimum atomic E-state index is 0.523. The molecule has 2 heterocycles. The van der Waals surface area contributed by atoms with Gasteiger partial charge >= 0.3 is 0 Å². The summed E-state index contributed by atoms with van der Waals surface area (Å²) in [7, 11) is 2.19. The lowest BCUT2D eigenvalue weighted by atomic mass is 10.00. The molecule has 150 valence electrons. The van der Waals surface area contributed by atoms with Crippen molar-refractivity contribution in [2.75, 3.05) is 38.1 Å². The van der Waals surface area contributed by atoms with Crippen LogP contribution in [0.1, 0.15) is 51.2 Å². The lowest BCUT2D eigenvalue weighted by Gasteiger charge is -2.35. The predicted octanol–water partition coefficient (Wildman–Crippen LogP) is 3.00. The number of guanidine groups is 1. The third-order valence-corrected chi connectivity index (χ3v) is 5.86. The zero-order chi connectivity index (χ0) is 19.2. The van der Waals surface area contributed by atoms with Crippen LogP contribution in [0.25, 0.3) is 0 Å². The van der Waals surface area contributed by atoms with E-state index in [9.17, 15) is 0 Å². The van der Waals surface area contributed by atoms with Crippen LogP contribution in [0.15, 0.2) is 23.2 Å². The second kappa shape index (κ2) is 9.45. The van der Waals surface area contributed by atoms with Gasteiger partial charge in [0, 0.05) is 51.0 Å². The van der Waals surface area contributed by atoms with Gasteiger partial charge in [-0.2, -0.15) is 0 Å². The molecule has 27 heavy (non-hydrogen) atoms. The Bertz CT molecular complexity index is 632. The quantitative estimate of drug-likeness (QED) is 0.617. The first-order valence-corrected chi connectivity index (χ1v) is 10.7. The third-order valence-electron chi connectivity index (χ3n) is 5.86. The van der Waals surface area contributed by atoms with Crippen LogP contribution in [0.5, 0.6) is 0 Å². The second-order valence-electron chi connectivity index (χ2n) is 8.23. The molecule has 0 bridgehead atoms. The van der Waals surface area contributed by atoms with Gasteiger partial charge in [0.1, 0.15) is 0 Å². The van der Waals surface area contributed by atoms with E-state index < -0.39 is 0 Å².